The topological polar surface area (TPSA) is 234 Å². The molecule has 18 nitrogen and oxygen atoms in total. The summed E-state index contributed by atoms with van der Waals surface area (Å²) in [7, 11) is 2.40. The fourth-order valence-electron chi connectivity index (χ4n) is 12.0. The fraction of sp³-hybridized carbons (Fsp3) is 0.651. The Morgan fingerprint density at radius 1 is 0.780 bits per heavy atom. The van der Waals surface area contributed by atoms with E-state index in [9.17, 15) is 51.3 Å². The second-order valence-corrected chi connectivity index (χ2v) is 25.0. The van der Waals surface area contributed by atoms with Gasteiger partial charge in [0, 0.05) is 84.0 Å². The molecule has 19 heteroatoms. The highest BCUT2D eigenvalue weighted by molar-refractivity contribution is 7.85. The highest BCUT2D eigenvalue weighted by atomic mass is 32.2. The number of benzene rings is 2. The van der Waals surface area contributed by atoms with Crippen LogP contribution in [-0.4, -0.2) is 164 Å². The SMILES string of the molecule is CC[C@H](C)[C@@H]([C@@H](CC(=O)N1CCC[C@H]1[C@H](OC)[C@@H](C)C(=O)C[C@H](CCc1ccc(S(=O)(=O)O)cc1)Cc1ccccc1)OC)N(C)C(=O)[C@@H](CC(=O)[C@H](C(C)C)N(C)CCCC(=O)CNC(=O)CCCCCN1C(=O)C=CC1=O)C(C)C. The number of nitrogens with one attached hydrogen (secondary N) is 1. The molecule has 1 fully saturated rings. The molecule has 9 atom stereocenters. The summed E-state index contributed by atoms with van der Waals surface area (Å²) in [5.41, 5.74) is 1.97. The van der Waals surface area contributed by atoms with Gasteiger partial charge >= 0.3 is 0 Å². The van der Waals surface area contributed by atoms with Gasteiger partial charge in [-0.05, 0) is 112 Å². The molecule has 2 aromatic rings. The van der Waals surface area contributed by atoms with Crippen LogP contribution in [0, 0.1) is 35.5 Å². The maximum atomic E-state index is 14.8. The number of aryl methyl sites for hydroxylation is 1. The van der Waals surface area contributed by atoms with E-state index in [2.05, 4.69) is 5.32 Å². The van der Waals surface area contributed by atoms with E-state index in [1.165, 1.54) is 29.2 Å². The smallest absolute Gasteiger partial charge is 0.294 e. The number of amides is 5. The monoisotopic (exact) mass is 1160 g/mol. The number of ketones is 3. The molecule has 5 amide bonds. The largest absolute Gasteiger partial charge is 0.379 e. The van der Waals surface area contributed by atoms with Crippen molar-refractivity contribution in [2.45, 2.75) is 180 Å². The zero-order valence-electron chi connectivity index (χ0n) is 50.7. The fourth-order valence-corrected chi connectivity index (χ4v) is 12.5. The highest BCUT2D eigenvalue weighted by Gasteiger charge is 2.43. The van der Waals surface area contributed by atoms with Crippen LogP contribution >= 0.6 is 0 Å². The summed E-state index contributed by atoms with van der Waals surface area (Å²) >= 11 is 0. The first-order valence-electron chi connectivity index (χ1n) is 29.6. The van der Waals surface area contributed by atoms with Crippen molar-refractivity contribution in [2.24, 2.45) is 35.5 Å². The first-order chi connectivity index (χ1) is 38.8. The quantitative estimate of drug-likeness (QED) is 0.0372. The van der Waals surface area contributed by atoms with Gasteiger partial charge in [-0.25, -0.2) is 0 Å². The number of nitrogens with zero attached hydrogens (tertiary/aromatic N) is 4. The molecule has 0 saturated carbocycles. The number of rotatable bonds is 38. The van der Waals surface area contributed by atoms with Gasteiger partial charge in [0.05, 0.1) is 48.2 Å². The molecule has 2 aromatic carbocycles. The highest BCUT2D eigenvalue weighted by Crippen LogP contribution is 2.33. The van der Waals surface area contributed by atoms with Crippen molar-refractivity contribution >= 4 is 57.0 Å². The van der Waals surface area contributed by atoms with Crippen LogP contribution in [0.15, 0.2) is 71.6 Å². The minimum absolute atomic E-state index is 0.000253. The average molecular weight is 1160 g/mol. The van der Waals surface area contributed by atoms with Gasteiger partial charge in [-0.15, -0.1) is 0 Å². The van der Waals surface area contributed by atoms with E-state index in [0.717, 1.165) is 17.5 Å². The summed E-state index contributed by atoms with van der Waals surface area (Å²) in [5.74, 6) is -3.09. The lowest BCUT2D eigenvalue weighted by molar-refractivity contribution is -0.149. The van der Waals surface area contributed by atoms with Gasteiger partial charge in [0.1, 0.15) is 5.78 Å². The third-order valence-electron chi connectivity index (χ3n) is 16.9. The molecule has 0 aromatic heterocycles. The number of hydrogen-bond donors (Lipinski definition) is 2. The molecule has 2 aliphatic rings. The van der Waals surface area contributed by atoms with Crippen molar-refractivity contribution < 1.29 is 60.8 Å². The van der Waals surface area contributed by atoms with E-state index in [1.807, 2.05) is 95.6 Å². The molecule has 2 N–H and O–H groups in total. The first-order valence-corrected chi connectivity index (χ1v) is 31.1. The molecule has 2 aliphatic heterocycles. The Hall–Kier alpha value is -5.47. The summed E-state index contributed by atoms with van der Waals surface area (Å²) < 4.78 is 45.0. The molecule has 4 rings (SSSR count). The summed E-state index contributed by atoms with van der Waals surface area (Å²) in [6.07, 6.45) is 8.12. The molecule has 0 unspecified atom stereocenters. The van der Waals surface area contributed by atoms with E-state index >= 15 is 0 Å². The summed E-state index contributed by atoms with van der Waals surface area (Å²) in [6, 6.07) is 14.6. The van der Waals surface area contributed by atoms with Crippen LogP contribution in [0.3, 0.4) is 0 Å². The van der Waals surface area contributed by atoms with E-state index in [-0.39, 0.29) is 120 Å². The number of likely N-dealkylation sites (tertiary alicyclic amines) is 1. The molecule has 2 heterocycles. The lowest BCUT2D eigenvalue weighted by Crippen LogP contribution is -2.54. The number of ether oxygens (including phenoxy) is 2. The third kappa shape index (κ3) is 20.7. The normalized spacial score (nSPS) is 17.7. The van der Waals surface area contributed by atoms with E-state index in [4.69, 9.17) is 9.47 Å². The number of imide groups is 1. The maximum Gasteiger partial charge on any atom is 0.294 e. The van der Waals surface area contributed by atoms with Crippen molar-refractivity contribution in [1.29, 1.82) is 0 Å². The zero-order chi connectivity index (χ0) is 60.8. The molecule has 1 saturated heterocycles. The van der Waals surface area contributed by atoms with Crippen LogP contribution in [0.25, 0.3) is 0 Å². The van der Waals surface area contributed by atoms with Crippen molar-refractivity contribution in [3.63, 3.8) is 0 Å². The lowest BCUT2D eigenvalue weighted by Gasteiger charge is -2.41. The number of carbonyl (C=O) groups excluding carboxylic acids is 8. The molecule has 82 heavy (non-hydrogen) atoms. The average Bonchev–Trinajstić information content (AvgIpc) is 4.06. The third-order valence-corrected chi connectivity index (χ3v) is 17.8. The van der Waals surface area contributed by atoms with Gasteiger partial charge in [0.15, 0.2) is 11.6 Å². The van der Waals surface area contributed by atoms with Crippen molar-refractivity contribution in [3.05, 3.63) is 77.9 Å². The Morgan fingerprint density at radius 3 is 2.02 bits per heavy atom. The Labute approximate surface area is 488 Å². The summed E-state index contributed by atoms with van der Waals surface area (Å²) in [4.78, 5) is 113. The Kier molecular flexibility index (Phi) is 28.4. The minimum Gasteiger partial charge on any atom is -0.379 e. The Balaban J connectivity index is 1.35. The van der Waals surface area contributed by atoms with Gasteiger partial charge in [-0.2, -0.15) is 8.42 Å². The Bertz CT molecular complexity index is 2560. The number of unbranched alkanes of at least 4 members (excludes halogenated alkanes) is 2. The summed E-state index contributed by atoms with van der Waals surface area (Å²) in [5, 5.41) is 2.69. The van der Waals surface area contributed by atoms with Crippen LogP contribution in [0.4, 0.5) is 0 Å². The van der Waals surface area contributed by atoms with Crippen LogP contribution in [0.5, 0.6) is 0 Å². The zero-order valence-corrected chi connectivity index (χ0v) is 51.5. The molecule has 456 valence electrons. The molecular weight excluding hydrogens is 1070 g/mol. The minimum atomic E-state index is -4.32. The standard InChI is InChI=1S/C63H95N5O13S/c1-12-44(6)61(66(9)63(76)51(42(2)3)39-54(71)60(43(4)5)65(8)34-19-23-49(69)41-64-56(72)25-17-14-18-35-68-57(73)32-33-58(68)74)55(80-10)40-59(75)67-36-20-24-52(67)62(81-11)45(7)53(70)38-48(37-47-21-15-13-16-22-47)27-26-46-28-30-50(31-29-46)82(77,78)79/h13,15-16,21-22,28-33,42-45,48,51-52,55,60-62H,12,14,17-20,23-27,34-41H2,1-11H3,(H,64,72)(H,77,78,79)/t44-,45-,48+,51-,52-,55+,60-,61-,62+/m0/s1. The molecule has 0 radical (unpaired) electrons. The summed E-state index contributed by atoms with van der Waals surface area (Å²) in [6.45, 7) is 14.9. The van der Waals surface area contributed by atoms with Crippen LogP contribution in [-0.2, 0) is 70.8 Å². The Morgan fingerprint density at radius 2 is 1.44 bits per heavy atom. The second kappa shape index (κ2) is 33.7. The number of likely N-dealkylation sites (N-methyl/N-ethyl adjacent to an activating group) is 2. The van der Waals surface area contributed by atoms with E-state index < -0.39 is 46.2 Å². The first kappa shape index (κ1) is 69.0. The number of Topliss-reactive ketones (excluding diaryl/α,β-unsaturated/α-hetero) is 3. The van der Waals surface area contributed by atoms with Gasteiger partial charge in [0.25, 0.3) is 21.9 Å². The van der Waals surface area contributed by atoms with Gasteiger partial charge < -0.3 is 24.6 Å². The van der Waals surface area contributed by atoms with Crippen molar-refractivity contribution in [3.8, 4) is 0 Å². The number of carbonyl (C=O) groups is 8. The molecular formula is C63H95N5O13S. The van der Waals surface area contributed by atoms with Gasteiger partial charge in [0.2, 0.25) is 17.7 Å². The van der Waals surface area contributed by atoms with Crippen LogP contribution < -0.4 is 5.32 Å². The predicted octanol–water partition coefficient (Wildman–Crippen LogP) is 7.74. The second-order valence-electron chi connectivity index (χ2n) is 23.6. The van der Waals surface area contributed by atoms with Crippen molar-refractivity contribution in [1.82, 2.24) is 24.9 Å². The molecule has 0 aliphatic carbocycles. The van der Waals surface area contributed by atoms with E-state index in [1.54, 1.807) is 38.3 Å². The van der Waals surface area contributed by atoms with Gasteiger partial charge in [-0.1, -0.05) is 104 Å². The van der Waals surface area contributed by atoms with Crippen LogP contribution in [0.2, 0.25) is 0 Å². The molecule has 0 bridgehead atoms. The lowest BCUT2D eigenvalue weighted by atomic mass is 9.83. The maximum absolute atomic E-state index is 14.8. The molecule has 0 spiro atoms. The van der Waals surface area contributed by atoms with Gasteiger partial charge in [-0.3, -0.25) is 52.7 Å². The predicted molar refractivity (Wildman–Crippen MR) is 315 cm³/mol. The number of hydrogen-bond acceptors (Lipinski definition) is 13. The number of methoxy groups -OCH3 is 2. The van der Waals surface area contributed by atoms with Crippen molar-refractivity contribution in [2.75, 3.05) is 54.5 Å². The van der Waals surface area contributed by atoms with E-state index in [0.29, 0.717) is 77.4 Å². The van der Waals surface area contributed by atoms with Crippen LogP contribution in [0.1, 0.15) is 143 Å².